The molecule has 0 unspecified atom stereocenters. The van der Waals surface area contributed by atoms with Crippen molar-refractivity contribution >= 4 is 5.65 Å². The van der Waals surface area contributed by atoms with Gasteiger partial charge < -0.3 is 9.84 Å². The summed E-state index contributed by atoms with van der Waals surface area (Å²) in [5.41, 5.74) is 2.57. The van der Waals surface area contributed by atoms with E-state index in [-0.39, 0.29) is 6.61 Å². The minimum Gasteiger partial charge on any atom is -0.471 e. The van der Waals surface area contributed by atoms with Gasteiger partial charge in [-0.3, -0.25) is 4.98 Å². The van der Waals surface area contributed by atoms with Gasteiger partial charge in [-0.1, -0.05) is 6.07 Å². The van der Waals surface area contributed by atoms with Crippen LogP contribution in [0.4, 0.5) is 0 Å². The lowest BCUT2D eigenvalue weighted by atomic mass is 10.2. The lowest BCUT2D eigenvalue weighted by Crippen LogP contribution is -2.05. The number of nitrogens with zero attached hydrogens (tertiary/aromatic N) is 4. The number of hydrogen-bond acceptors (Lipinski definition) is 5. The average Bonchev–Trinajstić information content (AvgIpc) is 3.02. The first-order chi connectivity index (χ1) is 10.9. The fraction of sp³-hybridized carbons (Fsp3) is 0.312. The predicted octanol–water partition coefficient (Wildman–Crippen LogP) is 2.02. The SMILES string of the molecule is OCCCCc1cc(OCc2ccccn2)n2nccc2n1. The Morgan fingerprint density at radius 1 is 1.09 bits per heavy atom. The van der Waals surface area contributed by atoms with Crippen molar-refractivity contribution in [1.29, 1.82) is 0 Å². The topological polar surface area (TPSA) is 72.5 Å². The fourth-order valence-corrected chi connectivity index (χ4v) is 2.21. The van der Waals surface area contributed by atoms with Gasteiger partial charge in [-0.25, -0.2) is 4.98 Å². The van der Waals surface area contributed by atoms with Crippen LogP contribution in [0.5, 0.6) is 5.88 Å². The Hall–Kier alpha value is -2.47. The quantitative estimate of drug-likeness (QED) is 0.676. The number of pyridine rings is 1. The van der Waals surface area contributed by atoms with E-state index in [1.807, 2.05) is 30.3 Å². The number of ether oxygens (including phenoxy) is 1. The van der Waals surface area contributed by atoms with Gasteiger partial charge in [0.1, 0.15) is 6.61 Å². The number of hydrogen-bond donors (Lipinski definition) is 1. The molecule has 0 saturated carbocycles. The van der Waals surface area contributed by atoms with Gasteiger partial charge in [0.2, 0.25) is 5.88 Å². The molecule has 3 aromatic heterocycles. The largest absolute Gasteiger partial charge is 0.471 e. The zero-order valence-electron chi connectivity index (χ0n) is 12.2. The number of aromatic nitrogens is 4. The normalized spacial score (nSPS) is 11.0. The molecule has 0 bridgehead atoms. The van der Waals surface area contributed by atoms with Crippen molar-refractivity contribution in [3.8, 4) is 5.88 Å². The molecule has 6 heteroatoms. The zero-order chi connectivity index (χ0) is 15.2. The number of unbranched alkanes of at least 4 members (excludes halogenated alkanes) is 1. The monoisotopic (exact) mass is 298 g/mol. The first kappa shape index (κ1) is 14.5. The van der Waals surface area contributed by atoms with Crippen LogP contribution < -0.4 is 4.74 Å². The summed E-state index contributed by atoms with van der Waals surface area (Å²) in [6, 6.07) is 9.48. The van der Waals surface area contributed by atoms with Crippen LogP contribution in [0.2, 0.25) is 0 Å². The van der Waals surface area contributed by atoms with Crippen molar-refractivity contribution in [2.45, 2.75) is 25.9 Å². The van der Waals surface area contributed by atoms with Crippen molar-refractivity contribution < 1.29 is 9.84 Å². The summed E-state index contributed by atoms with van der Waals surface area (Å²) in [5.74, 6) is 0.652. The molecule has 3 rings (SSSR count). The molecule has 0 amide bonds. The van der Waals surface area contributed by atoms with Crippen molar-refractivity contribution in [2.75, 3.05) is 6.61 Å². The Balaban J connectivity index is 1.79. The minimum absolute atomic E-state index is 0.206. The maximum Gasteiger partial charge on any atom is 0.218 e. The van der Waals surface area contributed by atoms with Crippen LogP contribution in [-0.2, 0) is 13.0 Å². The Kier molecular flexibility index (Phi) is 4.60. The van der Waals surface area contributed by atoms with Gasteiger partial charge in [0.15, 0.2) is 5.65 Å². The fourth-order valence-electron chi connectivity index (χ4n) is 2.21. The molecular weight excluding hydrogens is 280 g/mol. The molecule has 6 nitrogen and oxygen atoms in total. The number of aliphatic hydroxyl groups is 1. The minimum atomic E-state index is 0.206. The Morgan fingerprint density at radius 2 is 2.05 bits per heavy atom. The summed E-state index contributed by atoms with van der Waals surface area (Å²) < 4.78 is 7.54. The standard InChI is InChI=1S/C16H18N4O2/c21-10-4-2-5-13-11-16(20-15(19-13)7-9-18-20)22-12-14-6-1-3-8-17-14/h1,3,6-9,11,21H,2,4-5,10,12H2. The number of aliphatic hydroxyl groups excluding tert-OH is 1. The maximum absolute atomic E-state index is 8.88. The lowest BCUT2D eigenvalue weighted by Gasteiger charge is -2.09. The highest BCUT2D eigenvalue weighted by Crippen LogP contribution is 2.17. The van der Waals surface area contributed by atoms with Gasteiger partial charge in [-0.15, -0.1) is 0 Å². The molecule has 0 aliphatic carbocycles. The molecule has 0 aliphatic heterocycles. The third-order valence-corrected chi connectivity index (χ3v) is 3.31. The van der Waals surface area contributed by atoms with Crippen LogP contribution in [0.25, 0.3) is 5.65 Å². The molecule has 0 aliphatic rings. The highest BCUT2D eigenvalue weighted by Gasteiger charge is 2.08. The van der Waals surface area contributed by atoms with E-state index in [1.165, 1.54) is 0 Å². The molecule has 22 heavy (non-hydrogen) atoms. The molecule has 3 aromatic rings. The van der Waals surface area contributed by atoms with E-state index in [4.69, 9.17) is 9.84 Å². The second-order valence-corrected chi connectivity index (χ2v) is 4.98. The van der Waals surface area contributed by atoms with Crippen LogP contribution in [-0.4, -0.2) is 31.3 Å². The molecule has 3 heterocycles. The molecule has 1 N–H and O–H groups in total. The number of fused-ring (bicyclic) bond motifs is 1. The second-order valence-electron chi connectivity index (χ2n) is 4.98. The maximum atomic E-state index is 8.88. The third-order valence-electron chi connectivity index (χ3n) is 3.31. The molecule has 114 valence electrons. The Labute approximate surface area is 128 Å². The van der Waals surface area contributed by atoms with E-state index in [2.05, 4.69) is 15.1 Å². The van der Waals surface area contributed by atoms with Gasteiger partial charge >= 0.3 is 0 Å². The van der Waals surface area contributed by atoms with Gasteiger partial charge in [-0.2, -0.15) is 9.61 Å². The summed E-state index contributed by atoms with van der Waals surface area (Å²) in [7, 11) is 0. The summed E-state index contributed by atoms with van der Waals surface area (Å²) in [6.45, 7) is 0.591. The van der Waals surface area contributed by atoms with Crippen LogP contribution in [0.3, 0.4) is 0 Å². The van der Waals surface area contributed by atoms with Gasteiger partial charge in [-0.05, 0) is 31.4 Å². The highest BCUT2D eigenvalue weighted by atomic mass is 16.5. The van der Waals surface area contributed by atoms with Crippen molar-refractivity contribution in [3.05, 3.63) is 54.1 Å². The van der Waals surface area contributed by atoms with Crippen LogP contribution >= 0.6 is 0 Å². The number of aryl methyl sites for hydroxylation is 1. The number of rotatable bonds is 7. The molecule has 0 spiro atoms. The molecule has 0 radical (unpaired) electrons. The van der Waals surface area contributed by atoms with Gasteiger partial charge in [0, 0.05) is 30.6 Å². The van der Waals surface area contributed by atoms with Crippen LogP contribution in [0.15, 0.2) is 42.7 Å². The van der Waals surface area contributed by atoms with Crippen molar-refractivity contribution in [3.63, 3.8) is 0 Å². The van der Waals surface area contributed by atoms with E-state index >= 15 is 0 Å². The first-order valence-corrected chi connectivity index (χ1v) is 7.34. The molecule has 0 fully saturated rings. The van der Waals surface area contributed by atoms with E-state index in [1.54, 1.807) is 16.9 Å². The van der Waals surface area contributed by atoms with Crippen LogP contribution in [0, 0.1) is 0 Å². The summed E-state index contributed by atoms with van der Waals surface area (Å²) in [5, 5.41) is 13.1. The average molecular weight is 298 g/mol. The first-order valence-electron chi connectivity index (χ1n) is 7.34. The summed E-state index contributed by atoms with van der Waals surface area (Å²) in [6.07, 6.45) is 5.93. The smallest absolute Gasteiger partial charge is 0.218 e. The molecular formula is C16H18N4O2. The van der Waals surface area contributed by atoms with Crippen molar-refractivity contribution in [1.82, 2.24) is 19.6 Å². The second kappa shape index (κ2) is 7.00. The highest BCUT2D eigenvalue weighted by molar-refractivity contribution is 5.41. The molecule has 0 aromatic carbocycles. The molecule has 0 atom stereocenters. The van der Waals surface area contributed by atoms with E-state index in [9.17, 15) is 0 Å². The zero-order valence-corrected chi connectivity index (χ0v) is 12.2. The van der Waals surface area contributed by atoms with Crippen molar-refractivity contribution in [2.24, 2.45) is 0 Å². The van der Waals surface area contributed by atoms with E-state index < -0.39 is 0 Å². The predicted molar refractivity (Wildman–Crippen MR) is 81.6 cm³/mol. The lowest BCUT2D eigenvalue weighted by molar-refractivity contribution is 0.279. The van der Waals surface area contributed by atoms with Crippen LogP contribution in [0.1, 0.15) is 24.2 Å². The summed E-state index contributed by atoms with van der Waals surface area (Å²) >= 11 is 0. The van der Waals surface area contributed by atoms with E-state index in [0.29, 0.717) is 12.5 Å². The van der Waals surface area contributed by atoms with E-state index in [0.717, 1.165) is 36.3 Å². The Bertz CT molecular complexity index is 727. The van der Waals surface area contributed by atoms with Gasteiger partial charge in [0.05, 0.1) is 11.9 Å². The summed E-state index contributed by atoms with van der Waals surface area (Å²) in [4.78, 5) is 8.79. The molecule has 0 saturated heterocycles. The van der Waals surface area contributed by atoms with Gasteiger partial charge in [0.25, 0.3) is 0 Å². The third kappa shape index (κ3) is 3.40. The Morgan fingerprint density at radius 3 is 2.86 bits per heavy atom.